The number of methoxy groups -OCH3 is 1. The minimum Gasteiger partial charge on any atom is -0.504 e. The van der Waals surface area contributed by atoms with Gasteiger partial charge in [0.1, 0.15) is 0 Å². The summed E-state index contributed by atoms with van der Waals surface area (Å²) in [4.78, 5) is 2.65. The van der Waals surface area contributed by atoms with E-state index in [1.807, 2.05) is 6.07 Å². The van der Waals surface area contributed by atoms with E-state index in [1.165, 1.54) is 15.3 Å². The summed E-state index contributed by atoms with van der Waals surface area (Å²) in [5.41, 5.74) is 2.18. The lowest BCUT2D eigenvalue weighted by Crippen LogP contribution is -1.99. The quantitative estimate of drug-likeness (QED) is 0.884. The van der Waals surface area contributed by atoms with E-state index in [9.17, 15) is 5.11 Å². The van der Waals surface area contributed by atoms with Crippen LogP contribution in [0.2, 0.25) is 0 Å². The number of anilines is 1. The number of aromatic hydroxyl groups is 1. The Kier molecular flexibility index (Phi) is 3.77. The molecule has 3 nitrogen and oxygen atoms in total. The molecule has 0 aliphatic rings. The Morgan fingerprint density at radius 1 is 1.28 bits per heavy atom. The van der Waals surface area contributed by atoms with Crippen molar-refractivity contribution in [3.63, 3.8) is 0 Å². The number of rotatable bonds is 4. The van der Waals surface area contributed by atoms with Crippen molar-refractivity contribution in [2.45, 2.75) is 20.4 Å². The number of nitrogens with one attached hydrogen (secondary N) is 1. The Labute approximate surface area is 111 Å². The first-order chi connectivity index (χ1) is 8.60. The maximum absolute atomic E-state index is 9.68. The van der Waals surface area contributed by atoms with Gasteiger partial charge in [-0.15, -0.1) is 11.3 Å². The number of phenols is 1. The second-order valence-electron chi connectivity index (χ2n) is 4.18. The summed E-state index contributed by atoms with van der Waals surface area (Å²) in [7, 11) is 1.54. The third-order valence-electron chi connectivity index (χ3n) is 2.81. The Balaban J connectivity index is 2.06. The number of hydrogen-bond donors (Lipinski definition) is 2. The van der Waals surface area contributed by atoms with Crippen LogP contribution in [0.5, 0.6) is 11.5 Å². The van der Waals surface area contributed by atoms with E-state index >= 15 is 0 Å². The molecule has 0 atom stereocenters. The van der Waals surface area contributed by atoms with Crippen LogP contribution in [0.4, 0.5) is 5.69 Å². The SMILES string of the molecule is COc1ccc(NCc2cc(C)sc2C)cc1O. The fourth-order valence-electron chi connectivity index (χ4n) is 1.86. The molecule has 1 aromatic heterocycles. The van der Waals surface area contributed by atoms with Crippen molar-refractivity contribution in [1.82, 2.24) is 0 Å². The number of benzene rings is 1. The van der Waals surface area contributed by atoms with Gasteiger partial charge in [0.05, 0.1) is 7.11 Å². The molecule has 0 saturated heterocycles. The van der Waals surface area contributed by atoms with Gasteiger partial charge in [-0.05, 0) is 37.6 Å². The van der Waals surface area contributed by atoms with Crippen molar-refractivity contribution < 1.29 is 9.84 Å². The molecule has 1 heterocycles. The first-order valence-electron chi connectivity index (χ1n) is 5.77. The van der Waals surface area contributed by atoms with Gasteiger partial charge in [-0.3, -0.25) is 0 Å². The van der Waals surface area contributed by atoms with Crippen LogP contribution in [0.1, 0.15) is 15.3 Å². The van der Waals surface area contributed by atoms with Gasteiger partial charge in [0.2, 0.25) is 0 Å². The average molecular weight is 263 g/mol. The fourth-order valence-corrected chi connectivity index (χ4v) is 2.80. The Morgan fingerprint density at radius 3 is 2.61 bits per heavy atom. The van der Waals surface area contributed by atoms with Crippen molar-refractivity contribution in [2.75, 3.05) is 12.4 Å². The van der Waals surface area contributed by atoms with Crippen LogP contribution in [0.25, 0.3) is 0 Å². The Morgan fingerprint density at radius 2 is 2.06 bits per heavy atom. The summed E-state index contributed by atoms with van der Waals surface area (Å²) in [6.45, 7) is 5.00. The number of aryl methyl sites for hydroxylation is 2. The topological polar surface area (TPSA) is 41.5 Å². The van der Waals surface area contributed by atoms with E-state index in [0.29, 0.717) is 5.75 Å². The molecular formula is C14H17NO2S. The number of ether oxygens (including phenoxy) is 1. The highest BCUT2D eigenvalue weighted by Gasteiger charge is 2.05. The maximum atomic E-state index is 9.68. The molecule has 1 aromatic carbocycles. The van der Waals surface area contributed by atoms with Crippen LogP contribution in [0.15, 0.2) is 24.3 Å². The molecule has 0 saturated carbocycles. The zero-order valence-electron chi connectivity index (χ0n) is 10.8. The molecular weight excluding hydrogens is 246 g/mol. The van der Waals surface area contributed by atoms with E-state index in [0.717, 1.165) is 12.2 Å². The Hall–Kier alpha value is -1.68. The van der Waals surface area contributed by atoms with Crippen molar-refractivity contribution in [2.24, 2.45) is 0 Å². The van der Waals surface area contributed by atoms with E-state index in [4.69, 9.17) is 4.74 Å². The zero-order chi connectivity index (χ0) is 13.1. The van der Waals surface area contributed by atoms with Crippen molar-refractivity contribution in [1.29, 1.82) is 0 Å². The van der Waals surface area contributed by atoms with E-state index < -0.39 is 0 Å². The first kappa shape index (κ1) is 12.8. The first-order valence-corrected chi connectivity index (χ1v) is 6.58. The summed E-state index contributed by atoms with van der Waals surface area (Å²) in [6.07, 6.45) is 0. The summed E-state index contributed by atoms with van der Waals surface area (Å²) < 4.78 is 5.01. The second kappa shape index (κ2) is 5.31. The van der Waals surface area contributed by atoms with E-state index in [1.54, 1.807) is 30.6 Å². The molecule has 0 amide bonds. The van der Waals surface area contributed by atoms with Crippen LogP contribution in [-0.4, -0.2) is 12.2 Å². The van der Waals surface area contributed by atoms with Gasteiger partial charge in [0.15, 0.2) is 11.5 Å². The molecule has 2 rings (SSSR count). The van der Waals surface area contributed by atoms with Crippen LogP contribution < -0.4 is 10.1 Å². The Bertz CT molecular complexity index is 549. The van der Waals surface area contributed by atoms with Crippen LogP contribution in [0.3, 0.4) is 0 Å². The van der Waals surface area contributed by atoms with Gasteiger partial charge in [-0.2, -0.15) is 0 Å². The monoisotopic (exact) mass is 263 g/mol. The van der Waals surface area contributed by atoms with Crippen LogP contribution >= 0.6 is 11.3 Å². The van der Waals surface area contributed by atoms with E-state index in [-0.39, 0.29) is 5.75 Å². The zero-order valence-corrected chi connectivity index (χ0v) is 11.6. The molecule has 96 valence electrons. The lowest BCUT2D eigenvalue weighted by atomic mass is 10.2. The van der Waals surface area contributed by atoms with Crippen molar-refractivity contribution in [3.8, 4) is 11.5 Å². The van der Waals surface area contributed by atoms with Gasteiger partial charge < -0.3 is 15.2 Å². The number of thiophene rings is 1. The fraction of sp³-hybridized carbons (Fsp3) is 0.286. The highest BCUT2D eigenvalue weighted by atomic mass is 32.1. The van der Waals surface area contributed by atoms with Gasteiger partial charge >= 0.3 is 0 Å². The maximum Gasteiger partial charge on any atom is 0.160 e. The largest absolute Gasteiger partial charge is 0.504 e. The smallest absolute Gasteiger partial charge is 0.160 e. The summed E-state index contributed by atoms with van der Waals surface area (Å²) >= 11 is 1.80. The summed E-state index contributed by atoms with van der Waals surface area (Å²) in [6, 6.07) is 7.51. The molecule has 4 heteroatoms. The molecule has 2 N–H and O–H groups in total. The molecule has 0 aliphatic carbocycles. The highest BCUT2D eigenvalue weighted by molar-refractivity contribution is 7.12. The predicted molar refractivity (Wildman–Crippen MR) is 75.8 cm³/mol. The standard InChI is InChI=1S/C14H17NO2S/c1-9-6-11(10(2)18-9)8-15-12-4-5-14(17-3)13(16)7-12/h4-7,15-16H,8H2,1-3H3. The van der Waals surface area contributed by atoms with Crippen molar-refractivity contribution in [3.05, 3.63) is 39.6 Å². The number of hydrogen-bond acceptors (Lipinski definition) is 4. The van der Waals surface area contributed by atoms with Gasteiger partial charge in [0.25, 0.3) is 0 Å². The number of phenolic OH excluding ortho intramolecular Hbond substituents is 1. The average Bonchev–Trinajstić information content (AvgIpc) is 2.65. The lowest BCUT2D eigenvalue weighted by Gasteiger charge is -2.08. The van der Waals surface area contributed by atoms with Crippen LogP contribution in [0, 0.1) is 13.8 Å². The predicted octanol–water partition coefficient (Wildman–Crippen LogP) is 3.69. The third kappa shape index (κ3) is 2.76. The summed E-state index contributed by atoms with van der Waals surface area (Å²) in [5.74, 6) is 0.642. The summed E-state index contributed by atoms with van der Waals surface area (Å²) in [5, 5.41) is 13.0. The highest BCUT2D eigenvalue weighted by Crippen LogP contribution is 2.29. The molecule has 2 aromatic rings. The normalized spacial score (nSPS) is 10.4. The minimum atomic E-state index is 0.153. The lowest BCUT2D eigenvalue weighted by molar-refractivity contribution is 0.373. The molecule has 0 unspecified atom stereocenters. The second-order valence-corrected chi connectivity index (χ2v) is 5.64. The van der Waals surface area contributed by atoms with E-state index in [2.05, 4.69) is 25.2 Å². The van der Waals surface area contributed by atoms with Gasteiger partial charge in [-0.25, -0.2) is 0 Å². The van der Waals surface area contributed by atoms with Crippen LogP contribution in [-0.2, 0) is 6.54 Å². The molecule has 0 aliphatic heterocycles. The molecule has 18 heavy (non-hydrogen) atoms. The molecule has 0 fully saturated rings. The van der Waals surface area contributed by atoms with Crippen molar-refractivity contribution >= 4 is 17.0 Å². The van der Waals surface area contributed by atoms with Gasteiger partial charge in [-0.1, -0.05) is 0 Å². The molecule has 0 spiro atoms. The molecule has 0 radical (unpaired) electrons. The van der Waals surface area contributed by atoms with Gasteiger partial charge in [0, 0.05) is 28.1 Å². The minimum absolute atomic E-state index is 0.153. The molecule has 0 bridgehead atoms. The third-order valence-corrected chi connectivity index (χ3v) is 3.81.